The molecule has 0 aliphatic heterocycles. The molecule has 0 aromatic heterocycles. The zero-order valence-electron chi connectivity index (χ0n) is 13.1. The average Bonchev–Trinajstić information content (AvgIpc) is 2.48. The number of rotatable bonds is 7. The molecule has 1 saturated carbocycles. The highest BCUT2D eigenvalue weighted by Gasteiger charge is 2.35. The number of aliphatic hydroxyl groups is 1. The minimum Gasteiger partial charge on any atom is -0.395 e. The van der Waals surface area contributed by atoms with Gasteiger partial charge in [-0.1, -0.05) is 43.1 Å². The van der Waals surface area contributed by atoms with Crippen LogP contribution in [0, 0.1) is 5.41 Å². The van der Waals surface area contributed by atoms with E-state index in [-0.39, 0.29) is 18.1 Å². The third-order valence-electron chi connectivity index (χ3n) is 4.76. The molecule has 2 amide bonds. The summed E-state index contributed by atoms with van der Waals surface area (Å²) in [5.41, 5.74) is 1.17. The molecule has 1 aliphatic carbocycles. The van der Waals surface area contributed by atoms with E-state index in [4.69, 9.17) is 11.6 Å². The minimum atomic E-state index is -0.131. The Morgan fingerprint density at radius 2 is 2.14 bits per heavy atom. The van der Waals surface area contributed by atoms with Gasteiger partial charge >= 0.3 is 6.03 Å². The normalized spacial score (nSPS) is 16.0. The molecule has 0 unspecified atom stereocenters. The zero-order chi connectivity index (χ0) is 16.0. The number of carbonyl (C=O) groups excluding carboxylic acids is 1. The van der Waals surface area contributed by atoms with Crippen molar-refractivity contribution in [2.24, 2.45) is 5.41 Å². The number of nitrogens with zero attached hydrogens (tertiary/aromatic N) is 1. The van der Waals surface area contributed by atoms with Crippen LogP contribution in [0.1, 0.15) is 38.2 Å². The summed E-state index contributed by atoms with van der Waals surface area (Å²) < 4.78 is 0. The third-order valence-corrected chi connectivity index (χ3v) is 5.12. The number of amides is 2. The predicted octanol–water partition coefficient (Wildman–Crippen LogP) is 3.42. The van der Waals surface area contributed by atoms with Gasteiger partial charge in [-0.05, 0) is 36.3 Å². The molecule has 4 nitrogen and oxygen atoms in total. The molecule has 1 aromatic rings. The summed E-state index contributed by atoms with van der Waals surface area (Å²) in [5.74, 6) is 0. The molecule has 0 bridgehead atoms. The first-order chi connectivity index (χ1) is 10.6. The second-order valence-corrected chi connectivity index (χ2v) is 6.51. The Morgan fingerprint density at radius 1 is 1.41 bits per heavy atom. The SMILES string of the molecule is CCC1(CNC(=O)N(CCO)Cc2ccccc2Cl)CCC1. The quantitative estimate of drug-likeness (QED) is 0.807. The number of benzene rings is 1. The van der Waals surface area contributed by atoms with Crippen LogP contribution in [-0.4, -0.2) is 35.7 Å². The molecule has 0 saturated heterocycles. The number of nitrogens with one attached hydrogen (secondary N) is 1. The monoisotopic (exact) mass is 324 g/mol. The smallest absolute Gasteiger partial charge is 0.317 e. The molecular formula is C17H25ClN2O2. The lowest BCUT2D eigenvalue weighted by molar-refractivity contribution is 0.118. The molecule has 0 atom stereocenters. The highest BCUT2D eigenvalue weighted by atomic mass is 35.5. The van der Waals surface area contributed by atoms with E-state index in [2.05, 4.69) is 12.2 Å². The van der Waals surface area contributed by atoms with Crippen LogP contribution in [0.2, 0.25) is 5.02 Å². The van der Waals surface area contributed by atoms with Crippen LogP contribution in [-0.2, 0) is 6.54 Å². The van der Waals surface area contributed by atoms with E-state index in [0.717, 1.165) is 12.0 Å². The van der Waals surface area contributed by atoms with Gasteiger partial charge in [-0.2, -0.15) is 0 Å². The first-order valence-electron chi connectivity index (χ1n) is 7.97. The number of hydrogen-bond acceptors (Lipinski definition) is 2. The van der Waals surface area contributed by atoms with Gasteiger partial charge in [-0.3, -0.25) is 0 Å². The first-order valence-corrected chi connectivity index (χ1v) is 8.35. The van der Waals surface area contributed by atoms with Crippen LogP contribution >= 0.6 is 11.6 Å². The second kappa shape index (κ2) is 7.84. The minimum absolute atomic E-state index is 0.0587. The maximum atomic E-state index is 12.4. The molecule has 1 aromatic carbocycles. The van der Waals surface area contributed by atoms with E-state index in [1.807, 2.05) is 24.3 Å². The van der Waals surface area contributed by atoms with Crippen molar-refractivity contribution in [2.75, 3.05) is 19.7 Å². The van der Waals surface area contributed by atoms with Crippen LogP contribution in [0.3, 0.4) is 0 Å². The molecule has 2 N–H and O–H groups in total. The number of aliphatic hydroxyl groups excluding tert-OH is 1. The lowest BCUT2D eigenvalue weighted by atomic mass is 9.67. The topological polar surface area (TPSA) is 52.6 Å². The lowest BCUT2D eigenvalue weighted by Gasteiger charge is -2.41. The average molecular weight is 325 g/mol. The van der Waals surface area contributed by atoms with Gasteiger partial charge in [0.05, 0.1) is 6.61 Å². The Labute approximate surface area is 137 Å². The Kier molecular flexibility index (Phi) is 6.09. The summed E-state index contributed by atoms with van der Waals surface area (Å²) in [4.78, 5) is 14.0. The van der Waals surface area contributed by atoms with E-state index in [0.29, 0.717) is 24.7 Å². The molecule has 1 aliphatic rings. The largest absolute Gasteiger partial charge is 0.395 e. The van der Waals surface area contributed by atoms with E-state index in [1.54, 1.807) is 4.90 Å². The van der Waals surface area contributed by atoms with Crippen molar-refractivity contribution in [3.05, 3.63) is 34.9 Å². The summed E-state index contributed by atoms with van der Waals surface area (Å²) in [6.07, 6.45) is 4.73. The number of carbonyl (C=O) groups is 1. The fourth-order valence-corrected chi connectivity index (χ4v) is 3.11. The molecule has 2 rings (SSSR count). The second-order valence-electron chi connectivity index (χ2n) is 6.10. The van der Waals surface area contributed by atoms with Gasteiger partial charge < -0.3 is 15.3 Å². The molecule has 22 heavy (non-hydrogen) atoms. The molecule has 5 heteroatoms. The predicted molar refractivity (Wildman–Crippen MR) is 88.9 cm³/mol. The highest BCUT2D eigenvalue weighted by molar-refractivity contribution is 6.31. The Bertz CT molecular complexity index is 498. The zero-order valence-corrected chi connectivity index (χ0v) is 13.9. The molecular weight excluding hydrogens is 300 g/mol. The van der Waals surface area contributed by atoms with Gasteiger partial charge in [0.1, 0.15) is 0 Å². The molecule has 1 fully saturated rings. The summed E-state index contributed by atoms with van der Waals surface area (Å²) in [5, 5.41) is 12.9. The summed E-state index contributed by atoms with van der Waals surface area (Å²) >= 11 is 6.16. The van der Waals surface area contributed by atoms with E-state index < -0.39 is 0 Å². The standard InChI is InChI=1S/C17H25ClN2O2/c1-2-17(8-5-9-17)13-19-16(22)20(10-11-21)12-14-6-3-4-7-15(14)18/h3-4,6-7,21H,2,5,8-13H2,1H3,(H,19,22). The molecule has 0 radical (unpaired) electrons. The van der Waals surface area contributed by atoms with E-state index in [1.165, 1.54) is 19.3 Å². The Hall–Kier alpha value is -1.26. The third kappa shape index (κ3) is 4.14. The number of halogens is 1. The molecule has 0 heterocycles. The van der Waals surface area contributed by atoms with Crippen LogP contribution in [0.15, 0.2) is 24.3 Å². The van der Waals surface area contributed by atoms with Crippen molar-refractivity contribution in [3.63, 3.8) is 0 Å². The van der Waals surface area contributed by atoms with Crippen molar-refractivity contribution >= 4 is 17.6 Å². The van der Waals surface area contributed by atoms with Gasteiger partial charge in [0.25, 0.3) is 0 Å². The van der Waals surface area contributed by atoms with Crippen molar-refractivity contribution < 1.29 is 9.90 Å². The Morgan fingerprint density at radius 3 is 2.68 bits per heavy atom. The van der Waals surface area contributed by atoms with Crippen LogP contribution < -0.4 is 5.32 Å². The van der Waals surface area contributed by atoms with Crippen LogP contribution in [0.25, 0.3) is 0 Å². The first kappa shape index (κ1) is 17.1. The number of hydrogen-bond donors (Lipinski definition) is 2. The molecule has 122 valence electrons. The maximum Gasteiger partial charge on any atom is 0.317 e. The van der Waals surface area contributed by atoms with Gasteiger partial charge in [0, 0.05) is 24.7 Å². The number of urea groups is 1. The van der Waals surface area contributed by atoms with E-state index in [9.17, 15) is 9.90 Å². The molecule has 0 spiro atoms. The van der Waals surface area contributed by atoms with Crippen molar-refractivity contribution in [1.29, 1.82) is 0 Å². The lowest BCUT2D eigenvalue weighted by Crippen LogP contribution is -2.47. The summed E-state index contributed by atoms with van der Waals surface area (Å²) in [6, 6.07) is 7.35. The fourth-order valence-electron chi connectivity index (χ4n) is 2.91. The van der Waals surface area contributed by atoms with E-state index >= 15 is 0 Å². The highest BCUT2D eigenvalue weighted by Crippen LogP contribution is 2.43. The van der Waals surface area contributed by atoms with Crippen molar-refractivity contribution in [2.45, 2.75) is 39.2 Å². The maximum absolute atomic E-state index is 12.4. The fraction of sp³-hybridized carbons (Fsp3) is 0.588. The Balaban J connectivity index is 1.95. The van der Waals surface area contributed by atoms with Crippen LogP contribution in [0.4, 0.5) is 4.79 Å². The summed E-state index contributed by atoms with van der Waals surface area (Å²) in [6.45, 7) is 3.55. The van der Waals surface area contributed by atoms with Gasteiger partial charge in [-0.25, -0.2) is 4.79 Å². The van der Waals surface area contributed by atoms with Crippen molar-refractivity contribution in [1.82, 2.24) is 10.2 Å². The van der Waals surface area contributed by atoms with Gasteiger partial charge in [-0.15, -0.1) is 0 Å². The van der Waals surface area contributed by atoms with Crippen LogP contribution in [0.5, 0.6) is 0 Å². The van der Waals surface area contributed by atoms with Crippen molar-refractivity contribution in [3.8, 4) is 0 Å². The van der Waals surface area contributed by atoms with Gasteiger partial charge in [0.2, 0.25) is 0 Å². The summed E-state index contributed by atoms with van der Waals surface area (Å²) in [7, 11) is 0. The van der Waals surface area contributed by atoms with Gasteiger partial charge in [0.15, 0.2) is 0 Å².